The first-order valence-electron chi connectivity index (χ1n) is 13.9. The van der Waals surface area contributed by atoms with E-state index in [2.05, 4.69) is 22.3 Å². The smallest absolute Gasteiger partial charge is 0.321 e. The van der Waals surface area contributed by atoms with Gasteiger partial charge in [-0.25, -0.2) is 4.98 Å². The van der Waals surface area contributed by atoms with E-state index < -0.39 is 5.97 Å². The number of aromatic nitrogens is 1. The quantitative estimate of drug-likeness (QED) is 0.442. The molecule has 0 aromatic carbocycles. The summed E-state index contributed by atoms with van der Waals surface area (Å²) >= 11 is 0. The van der Waals surface area contributed by atoms with E-state index in [0.29, 0.717) is 6.04 Å². The monoisotopic (exact) mass is 471 g/mol. The number of aryl methyl sites for hydroxylation is 2. The molecule has 6 nitrogen and oxygen atoms in total. The summed E-state index contributed by atoms with van der Waals surface area (Å²) in [6, 6.07) is 4.39. The average Bonchev–Trinajstić information content (AvgIpc) is 3.29. The van der Waals surface area contributed by atoms with E-state index in [4.69, 9.17) is 9.72 Å². The molecule has 3 atom stereocenters. The summed E-state index contributed by atoms with van der Waals surface area (Å²) in [7, 11) is 2.05. The number of hydrogen-bond donors (Lipinski definition) is 2. The second-order valence-electron chi connectivity index (χ2n) is 10.8. The van der Waals surface area contributed by atoms with Gasteiger partial charge in [0, 0.05) is 24.9 Å². The van der Waals surface area contributed by atoms with Crippen molar-refractivity contribution < 1.29 is 14.6 Å². The number of rotatable bonds is 10. The van der Waals surface area contributed by atoms with Crippen LogP contribution < -0.4 is 5.32 Å². The van der Waals surface area contributed by atoms with Crippen molar-refractivity contribution in [2.75, 3.05) is 25.5 Å². The number of ether oxygens (including phenoxy) is 1. The molecule has 0 bridgehead atoms. The maximum absolute atomic E-state index is 12.2. The number of carbonyl (C=O) groups is 1. The average molecular weight is 472 g/mol. The number of unbranched alkanes of at least 4 members (excludes halogenated alkanes) is 1. The van der Waals surface area contributed by atoms with E-state index in [9.17, 15) is 9.90 Å². The van der Waals surface area contributed by atoms with Gasteiger partial charge in [0.25, 0.3) is 0 Å². The minimum atomic E-state index is -0.636. The molecule has 2 saturated carbocycles. The van der Waals surface area contributed by atoms with Crippen molar-refractivity contribution in [3.05, 3.63) is 23.4 Å². The minimum absolute atomic E-state index is 0.269. The molecule has 34 heavy (non-hydrogen) atoms. The molecule has 0 amide bonds. The molecule has 2 aliphatic carbocycles. The van der Waals surface area contributed by atoms with Crippen molar-refractivity contribution in [3.63, 3.8) is 0 Å². The highest BCUT2D eigenvalue weighted by Crippen LogP contribution is 2.33. The van der Waals surface area contributed by atoms with Crippen molar-refractivity contribution in [2.45, 2.75) is 114 Å². The van der Waals surface area contributed by atoms with Crippen molar-refractivity contribution >= 4 is 11.8 Å². The Morgan fingerprint density at radius 1 is 1.12 bits per heavy atom. The lowest BCUT2D eigenvalue weighted by Gasteiger charge is -2.36. The van der Waals surface area contributed by atoms with Gasteiger partial charge in [0.1, 0.15) is 11.9 Å². The summed E-state index contributed by atoms with van der Waals surface area (Å²) < 4.78 is 6.23. The molecule has 0 radical (unpaired) electrons. The van der Waals surface area contributed by atoms with Crippen LogP contribution in [0.5, 0.6) is 0 Å². The summed E-state index contributed by atoms with van der Waals surface area (Å²) in [5.41, 5.74) is 2.52. The first-order valence-corrected chi connectivity index (χ1v) is 13.9. The van der Waals surface area contributed by atoms with E-state index in [1.807, 2.05) is 7.05 Å². The summed E-state index contributed by atoms with van der Waals surface area (Å²) in [4.78, 5) is 19.2. The molecule has 1 aromatic heterocycles. The second kappa shape index (κ2) is 12.9. The van der Waals surface area contributed by atoms with Crippen LogP contribution in [0, 0.1) is 5.92 Å². The number of hydrogen-bond acceptors (Lipinski definition) is 5. The number of likely N-dealkylation sites (N-methyl/N-ethyl adjacent to an activating group) is 1. The molecule has 190 valence electrons. The van der Waals surface area contributed by atoms with Gasteiger partial charge in [-0.2, -0.15) is 0 Å². The topological polar surface area (TPSA) is 74.7 Å². The fourth-order valence-electron chi connectivity index (χ4n) is 6.34. The Kier molecular flexibility index (Phi) is 9.63. The summed E-state index contributed by atoms with van der Waals surface area (Å²) in [5, 5.41) is 13.5. The molecule has 2 heterocycles. The minimum Gasteiger partial charge on any atom is -0.480 e. The van der Waals surface area contributed by atoms with Gasteiger partial charge in [-0.3, -0.25) is 9.69 Å². The van der Waals surface area contributed by atoms with Crippen LogP contribution in [-0.4, -0.2) is 59.3 Å². The van der Waals surface area contributed by atoms with Crippen LogP contribution in [0.4, 0.5) is 5.82 Å². The lowest BCUT2D eigenvalue weighted by molar-refractivity contribution is -0.146. The molecule has 0 spiro atoms. The summed E-state index contributed by atoms with van der Waals surface area (Å²) in [5.74, 6) is 0.735. The predicted molar refractivity (Wildman–Crippen MR) is 136 cm³/mol. The Bertz CT molecular complexity index is 778. The van der Waals surface area contributed by atoms with Crippen LogP contribution in [0.25, 0.3) is 0 Å². The number of carboxylic acids is 1. The van der Waals surface area contributed by atoms with Crippen LogP contribution in [0.15, 0.2) is 12.1 Å². The highest BCUT2D eigenvalue weighted by molar-refractivity contribution is 5.74. The first-order chi connectivity index (χ1) is 16.6. The van der Waals surface area contributed by atoms with E-state index >= 15 is 0 Å². The Hall–Kier alpha value is -1.66. The standard InChI is InChI=1S/C28H45N3O3/c1-31(26(28(32)33)21-10-5-3-2-4-6-11-21)24-16-17-25(20-24)34-19-8-7-13-23-15-14-22-12-9-18-29-27(22)30-23/h14-15,21,24-26H,2-13,16-20H2,1H3,(H,29,30)(H,32,33)/t24-,25?,26?/m0/s1. The molecule has 2 fully saturated rings. The number of anilines is 1. The van der Waals surface area contributed by atoms with E-state index in [-0.39, 0.29) is 18.1 Å². The highest BCUT2D eigenvalue weighted by atomic mass is 16.5. The lowest BCUT2D eigenvalue weighted by Crippen LogP contribution is -2.48. The number of aliphatic carboxylic acids is 1. The third kappa shape index (κ3) is 6.94. The van der Waals surface area contributed by atoms with Gasteiger partial charge in [-0.05, 0) is 88.8 Å². The molecule has 1 aliphatic heterocycles. The molecule has 2 unspecified atom stereocenters. The third-order valence-electron chi connectivity index (χ3n) is 8.35. The molecule has 6 heteroatoms. The number of nitrogens with one attached hydrogen (secondary N) is 1. The lowest BCUT2D eigenvalue weighted by atomic mass is 9.84. The predicted octanol–water partition coefficient (Wildman–Crippen LogP) is 5.45. The van der Waals surface area contributed by atoms with Crippen molar-refractivity contribution in [1.82, 2.24) is 9.88 Å². The van der Waals surface area contributed by atoms with Gasteiger partial charge in [0.2, 0.25) is 0 Å². The van der Waals surface area contributed by atoms with Crippen molar-refractivity contribution in [1.29, 1.82) is 0 Å². The number of carboxylic acid groups (broad SMARTS) is 1. The van der Waals surface area contributed by atoms with Crippen molar-refractivity contribution in [3.8, 4) is 0 Å². The molecule has 3 aliphatic rings. The van der Waals surface area contributed by atoms with Crippen LogP contribution in [-0.2, 0) is 22.4 Å². The third-order valence-corrected chi connectivity index (χ3v) is 8.35. The molecule has 0 saturated heterocycles. The van der Waals surface area contributed by atoms with E-state index in [1.165, 1.54) is 49.8 Å². The molecule has 2 N–H and O–H groups in total. The fourth-order valence-corrected chi connectivity index (χ4v) is 6.34. The van der Waals surface area contributed by atoms with Crippen LogP contribution in [0.1, 0.15) is 94.7 Å². The molecular formula is C28H45N3O3. The van der Waals surface area contributed by atoms with E-state index in [1.54, 1.807) is 0 Å². The summed E-state index contributed by atoms with van der Waals surface area (Å²) in [6.45, 7) is 1.82. The Labute approximate surface area is 205 Å². The first kappa shape index (κ1) is 25.4. The van der Waals surface area contributed by atoms with Crippen LogP contribution in [0.3, 0.4) is 0 Å². The van der Waals surface area contributed by atoms with Gasteiger partial charge in [0.05, 0.1) is 6.10 Å². The van der Waals surface area contributed by atoms with Crippen LogP contribution in [0.2, 0.25) is 0 Å². The Morgan fingerprint density at radius 3 is 2.71 bits per heavy atom. The number of fused-ring (bicyclic) bond motifs is 1. The fraction of sp³-hybridized carbons (Fsp3) is 0.786. The zero-order valence-corrected chi connectivity index (χ0v) is 21.1. The van der Waals surface area contributed by atoms with Gasteiger partial charge in [-0.1, -0.05) is 38.2 Å². The Morgan fingerprint density at radius 2 is 1.91 bits per heavy atom. The van der Waals surface area contributed by atoms with Crippen molar-refractivity contribution in [2.24, 2.45) is 5.92 Å². The maximum Gasteiger partial charge on any atom is 0.321 e. The molecule has 4 rings (SSSR count). The molecular weight excluding hydrogens is 426 g/mol. The van der Waals surface area contributed by atoms with Gasteiger partial charge in [-0.15, -0.1) is 0 Å². The maximum atomic E-state index is 12.2. The highest BCUT2D eigenvalue weighted by Gasteiger charge is 2.38. The second-order valence-corrected chi connectivity index (χ2v) is 10.8. The largest absolute Gasteiger partial charge is 0.480 e. The van der Waals surface area contributed by atoms with Crippen LogP contribution >= 0.6 is 0 Å². The number of nitrogens with zero attached hydrogens (tertiary/aromatic N) is 2. The Balaban J connectivity index is 1.17. The SMILES string of the molecule is CN(C(C(=O)O)C1CCCCCCC1)[C@H]1CCC(OCCCCc2ccc3c(n2)NCCC3)C1. The normalized spacial score (nSPS) is 24.8. The zero-order valence-electron chi connectivity index (χ0n) is 21.1. The number of pyridine rings is 1. The zero-order chi connectivity index (χ0) is 23.8. The van der Waals surface area contributed by atoms with Gasteiger partial charge >= 0.3 is 5.97 Å². The summed E-state index contributed by atoms with van der Waals surface area (Å²) in [6.07, 6.45) is 17.1. The van der Waals surface area contributed by atoms with E-state index in [0.717, 1.165) is 76.8 Å². The van der Waals surface area contributed by atoms with Gasteiger partial charge < -0.3 is 15.2 Å². The molecule has 1 aromatic rings. The van der Waals surface area contributed by atoms with Gasteiger partial charge in [0.15, 0.2) is 0 Å².